The van der Waals surface area contributed by atoms with Crippen molar-refractivity contribution < 1.29 is 9.84 Å². The van der Waals surface area contributed by atoms with E-state index in [0.717, 1.165) is 30.8 Å². The minimum Gasteiger partial charge on any atom is -0.481 e. The van der Waals surface area contributed by atoms with Gasteiger partial charge >= 0.3 is 0 Å². The lowest BCUT2D eigenvalue weighted by Crippen LogP contribution is -2.37. The Kier molecular flexibility index (Phi) is 3.96. The lowest BCUT2D eigenvalue weighted by molar-refractivity contribution is 0.164. The fraction of sp³-hybridized carbons (Fsp3) is 0.400. The first kappa shape index (κ1) is 13.8. The Hall–Kier alpha value is -2.21. The smallest absolute Gasteiger partial charge is 0.218 e. The van der Waals surface area contributed by atoms with E-state index >= 15 is 0 Å². The van der Waals surface area contributed by atoms with E-state index in [0.29, 0.717) is 5.88 Å². The first-order valence-electron chi connectivity index (χ1n) is 6.97. The van der Waals surface area contributed by atoms with Crippen LogP contribution in [0.5, 0.6) is 5.88 Å². The maximum Gasteiger partial charge on any atom is 0.218 e. The van der Waals surface area contributed by atoms with Crippen LogP contribution in [0.3, 0.4) is 0 Å². The maximum absolute atomic E-state index is 10.3. The summed E-state index contributed by atoms with van der Waals surface area (Å²) in [4.78, 5) is 14.6. The van der Waals surface area contributed by atoms with Gasteiger partial charge in [-0.3, -0.25) is 4.98 Å². The topological polar surface area (TPSA) is 71.4 Å². The number of hydrogen-bond donors (Lipinski definition) is 1. The summed E-state index contributed by atoms with van der Waals surface area (Å²) in [6, 6.07) is 5.73. The Balaban J connectivity index is 1.83. The SMILES string of the molecule is COc1cc(N2CC[C@H](O)[C@@H]2Cc2cccnc2)ncn1. The molecule has 0 spiro atoms. The summed E-state index contributed by atoms with van der Waals surface area (Å²) in [6.45, 7) is 0.770. The number of rotatable bonds is 4. The lowest BCUT2D eigenvalue weighted by atomic mass is 10.0. The molecule has 21 heavy (non-hydrogen) atoms. The fourth-order valence-electron chi connectivity index (χ4n) is 2.73. The molecule has 0 saturated carbocycles. The molecule has 3 heterocycles. The summed E-state index contributed by atoms with van der Waals surface area (Å²) in [7, 11) is 1.58. The number of hydrogen-bond acceptors (Lipinski definition) is 6. The van der Waals surface area contributed by atoms with Crippen LogP contribution in [-0.4, -0.2) is 45.9 Å². The maximum atomic E-state index is 10.3. The molecule has 1 fully saturated rings. The Morgan fingerprint density at radius 1 is 1.43 bits per heavy atom. The predicted molar refractivity (Wildman–Crippen MR) is 78.3 cm³/mol. The highest BCUT2D eigenvalue weighted by Crippen LogP contribution is 2.27. The second-order valence-electron chi connectivity index (χ2n) is 5.10. The number of nitrogens with zero attached hydrogens (tertiary/aromatic N) is 4. The van der Waals surface area contributed by atoms with E-state index in [-0.39, 0.29) is 12.1 Å². The van der Waals surface area contributed by atoms with Gasteiger partial charge in [-0.1, -0.05) is 6.07 Å². The molecule has 1 N–H and O–H groups in total. The Bertz CT molecular complexity index is 593. The molecular formula is C15H18N4O2. The van der Waals surface area contributed by atoms with Gasteiger partial charge in [0.2, 0.25) is 5.88 Å². The van der Waals surface area contributed by atoms with E-state index in [9.17, 15) is 5.11 Å². The zero-order chi connectivity index (χ0) is 14.7. The largest absolute Gasteiger partial charge is 0.481 e. The first-order chi connectivity index (χ1) is 10.3. The number of aromatic nitrogens is 3. The average Bonchev–Trinajstić information content (AvgIpc) is 2.89. The van der Waals surface area contributed by atoms with Gasteiger partial charge in [-0.2, -0.15) is 0 Å². The monoisotopic (exact) mass is 286 g/mol. The van der Waals surface area contributed by atoms with Crippen LogP contribution in [0.25, 0.3) is 0 Å². The van der Waals surface area contributed by atoms with E-state index in [1.165, 1.54) is 6.33 Å². The summed E-state index contributed by atoms with van der Waals surface area (Å²) in [6.07, 6.45) is 6.18. The van der Waals surface area contributed by atoms with Gasteiger partial charge in [0.15, 0.2) is 0 Å². The van der Waals surface area contributed by atoms with Crippen LogP contribution < -0.4 is 9.64 Å². The highest BCUT2D eigenvalue weighted by Gasteiger charge is 2.33. The van der Waals surface area contributed by atoms with Gasteiger partial charge in [0.1, 0.15) is 12.1 Å². The van der Waals surface area contributed by atoms with E-state index in [1.807, 2.05) is 18.3 Å². The molecule has 110 valence electrons. The van der Waals surface area contributed by atoms with Crippen molar-refractivity contribution in [1.29, 1.82) is 0 Å². The van der Waals surface area contributed by atoms with Crippen LogP contribution in [0.4, 0.5) is 5.82 Å². The summed E-state index contributed by atoms with van der Waals surface area (Å²) >= 11 is 0. The number of methoxy groups -OCH3 is 1. The normalized spacial score (nSPS) is 21.5. The molecule has 2 atom stereocenters. The molecule has 3 rings (SSSR count). The number of pyridine rings is 1. The van der Waals surface area contributed by atoms with Crippen LogP contribution >= 0.6 is 0 Å². The quantitative estimate of drug-likeness (QED) is 0.906. The van der Waals surface area contributed by atoms with Crippen molar-refractivity contribution in [1.82, 2.24) is 15.0 Å². The summed E-state index contributed by atoms with van der Waals surface area (Å²) in [5.74, 6) is 1.31. The second kappa shape index (κ2) is 6.05. The van der Waals surface area contributed by atoms with Gasteiger partial charge in [-0.15, -0.1) is 0 Å². The van der Waals surface area contributed by atoms with E-state index in [2.05, 4.69) is 19.9 Å². The molecule has 0 bridgehead atoms. The average molecular weight is 286 g/mol. The van der Waals surface area contributed by atoms with Gasteiger partial charge in [-0.05, 0) is 24.5 Å². The Labute approximate surface area is 123 Å². The van der Waals surface area contributed by atoms with Crippen molar-refractivity contribution in [2.75, 3.05) is 18.6 Å². The molecule has 0 aliphatic carbocycles. The van der Waals surface area contributed by atoms with Crippen LogP contribution in [0.2, 0.25) is 0 Å². The highest BCUT2D eigenvalue weighted by molar-refractivity contribution is 5.44. The van der Waals surface area contributed by atoms with Crippen molar-refractivity contribution in [3.05, 3.63) is 42.5 Å². The lowest BCUT2D eigenvalue weighted by Gasteiger charge is -2.27. The molecule has 0 unspecified atom stereocenters. The third-order valence-electron chi connectivity index (χ3n) is 3.81. The molecule has 1 saturated heterocycles. The van der Waals surface area contributed by atoms with Gasteiger partial charge in [0.25, 0.3) is 0 Å². The molecule has 1 aliphatic heterocycles. The fourth-order valence-corrected chi connectivity index (χ4v) is 2.73. The van der Waals surface area contributed by atoms with Crippen LogP contribution in [0.15, 0.2) is 36.9 Å². The van der Waals surface area contributed by atoms with E-state index in [4.69, 9.17) is 4.74 Å². The number of aliphatic hydroxyl groups excluding tert-OH is 1. The van der Waals surface area contributed by atoms with Gasteiger partial charge in [0.05, 0.1) is 19.3 Å². The third-order valence-corrected chi connectivity index (χ3v) is 3.81. The summed E-state index contributed by atoms with van der Waals surface area (Å²) < 4.78 is 5.14. The number of ether oxygens (including phenoxy) is 1. The zero-order valence-corrected chi connectivity index (χ0v) is 11.9. The van der Waals surface area contributed by atoms with Crippen LogP contribution in [-0.2, 0) is 6.42 Å². The Morgan fingerprint density at radius 2 is 2.33 bits per heavy atom. The van der Waals surface area contributed by atoms with Crippen molar-refractivity contribution >= 4 is 5.82 Å². The van der Waals surface area contributed by atoms with Crippen molar-refractivity contribution in [3.63, 3.8) is 0 Å². The molecule has 0 aromatic carbocycles. The molecule has 2 aromatic rings. The standard InChI is InChI=1S/C15H18N4O2/c1-21-15-8-14(17-10-18-15)19-6-4-13(20)12(19)7-11-3-2-5-16-9-11/h2-3,5,8-10,12-13,20H,4,6-7H2,1H3/t12-,13-/m0/s1. The van der Waals surface area contributed by atoms with Crippen molar-refractivity contribution in [2.45, 2.75) is 25.0 Å². The van der Waals surface area contributed by atoms with Gasteiger partial charge in [-0.25, -0.2) is 9.97 Å². The molecule has 6 heteroatoms. The van der Waals surface area contributed by atoms with Crippen LogP contribution in [0.1, 0.15) is 12.0 Å². The molecule has 6 nitrogen and oxygen atoms in total. The van der Waals surface area contributed by atoms with Gasteiger partial charge in [0, 0.05) is 25.0 Å². The third kappa shape index (κ3) is 2.95. The van der Waals surface area contributed by atoms with Gasteiger partial charge < -0.3 is 14.7 Å². The minimum absolute atomic E-state index is 0.00574. The summed E-state index contributed by atoms with van der Waals surface area (Å²) in [5.41, 5.74) is 1.11. The second-order valence-corrected chi connectivity index (χ2v) is 5.10. The molecule has 2 aromatic heterocycles. The van der Waals surface area contributed by atoms with Crippen molar-refractivity contribution in [3.8, 4) is 5.88 Å². The number of anilines is 1. The van der Waals surface area contributed by atoms with E-state index < -0.39 is 0 Å². The number of aliphatic hydroxyl groups is 1. The summed E-state index contributed by atoms with van der Waals surface area (Å²) in [5, 5.41) is 10.3. The predicted octanol–water partition coefficient (Wildman–Crippen LogP) is 1.06. The van der Waals surface area contributed by atoms with Crippen molar-refractivity contribution in [2.24, 2.45) is 0 Å². The molecule has 0 amide bonds. The molecule has 1 aliphatic rings. The van der Waals surface area contributed by atoms with E-state index in [1.54, 1.807) is 19.4 Å². The molecular weight excluding hydrogens is 268 g/mol. The first-order valence-corrected chi connectivity index (χ1v) is 6.97. The molecule has 0 radical (unpaired) electrons. The Morgan fingerprint density at radius 3 is 3.10 bits per heavy atom. The highest BCUT2D eigenvalue weighted by atomic mass is 16.5. The zero-order valence-electron chi connectivity index (χ0n) is 11.9. The minimum atomic E-state index is -0.369. The van der Waals surface area contributed by atoms with Crippen LogP contribution in [0, 0.1) is 0 Å².